The van der Waals surface area contributed by atoms with Gasteiger partial charge in [-0.25, -0.2) is 0 Å². The molecule has 1 heterocycles. The predicted molar refractivity (Wildman–Crippen MR) is 115 cm³/mol. The van der Waals surface area contributed by atoms with Crippen LogP contribution < -0.4 is 10.1 Å². The molecule has 0 amide bonds. The van der Waals surface area contributed by atoms with Gasteiger partial charge < -0.3 is 15.2 Å². The van der Waals surface area contributed by atoms with E-state index in [4.69, 9.17) is 9.84 Å². The van der Waals surface area contributed by atoms with Gasteiger partial charge in [0, 0.05) is 24.8 Å². The molecule has 2 N–H and O–H groups in total. The normalized spacial score (nSPS) is 20.2. The second-order valence-electron chi connectivity index (χ2n) is 7.62. The first kappa shape index (κ1) is 20.8. The van der Waals surface area contributed by atoms with Crippen molar-refractivity contribution in [1.82, 2.24) is 10.2 Å². The highest BCUT2D eigenvalue weighted by Crippen LogP contribution is 2.32. The fraction of sp³-hybridized carbons (Fsp3) is 0.500. The van der Waals surface area contributed by atoms with Gasteiger partial charge in [-0.1, -0.05) is 48.5 Å². The quantitative estimate of drug-likeness (QED) is 0.606. The molecule has 3 rings (SSSR count). The van der Waals surface area contributed by atoms with Gasteiger partial charge >= 0.3 is 0 Å². The van der Waals surface area contributed by atoms with Crippen LogP contribution in [0.5, 0.6) is 5.75 Å². The lowest BCUT2D eigenvalue weighted by atomic mass is 9.89. The van der Waals surface area contributed by atoms with Crippen molar-refractivity contribution in [1.29, 1.82) is 0 Å². The van der Waals surface area contributed by atoms with E-state index in [0.717, 1.165) is 44.6 Å². The third kappa shape index (κ3) is 5.57. The Morgan fingerprint density at radius 3 is 2.61 bits per heavy atom. The van der Waals surface area contributed by atoms with E-state index in [1.54, 1.807) is 7.11 Å². The van der Waals surface area contributed by atoms with Crippen LogP contribution in [0.2, 0.25) is 0 Å². The predicted octanol–water partition coefficient (Wildman–Crippen LogP) is 4.15. The maximum atomic E-state index is 9.06. The monoisotopic (exact) mass is 382 g/mol. The van der Waals surface area contributed by atoms with E-state index in [1.165, 1.54) is 24.0 Å². The van der Waals surface area contributed by atoms with Crippen molar-refractivity contribution in [3.05, 3.63) is 65.7 Å². The van der Waals surface area contributed by atoms with E-state index in [1.807, 2.05) is 12.1 Å². The average molecular weight is 383 g/mol. The molecule has 0 spiro atoms. The molecule has 0 bridgehead atoms. The van der Waals surface area contributed by atoms with Gasteiger partial charge in [-0.05, 0) is 56.8 Å². The van der Waals surface area contributed by atoms with Crippen molar-refractivity contribution in [2.45, 2.75) is 50.7 Å². The lowest BCUT2D eigenvalue weighted by Crippen LogP contribution is -2.48. The standard InChI is InChI=1S/C24H34N2O2/c1-28-23-15-7-6-13-21(23)19-25-22-14-10-17-26(16-8-3-9-18-27)24(22)20-11-4-2-5-12-20/h2,4-7,11-13,15,22,24-25,27H,3,8-10,14,16-19H2,1H3. The Balaban J connectivity index is 1.71. The number of aliphatic hydroxyl groups is 1. The molecule has 2 unspecified atom stereocenters. The smallest absolute Gasteiger partial charge is 0.123 e. The maximum absolute atomic E-state index is 9.06. The molecular weight excluding hydrogens is 348 g/mol. The van der Waals surface area contributed by atoms with Crippen LogP contribution in [-0.4, -0.2) is 42.9 Å². The number of para-hydroxylation sites is 1. The highest BCUT2D eigenvalue weighted by atomic mass is 16.5. The Kier molecular flexibility index (Phi) is 8.34. The number of methoxy groups -OCH3 is 1. The Bertz CT molecular complexity index is 692. The number of unbranched alkanes of at least 4 members (excludes halogenated alkanes) is 2. The molecule has 2 atom stereocenters. The number of piperidine rings is 1. The molecule has 4 nitrogen and oxygen atoms in total. The first-order chi connectivity index (χ1) is 13.8. The molecule has 28 heavy (non-hydrogen) atoms. The van der Waals surface area contributed by atoms with Gasteiger partial charge in [0.15, 0.2) is 0 Å². The summed E-state index contributed by atoms with van der Waals surface area (Å²) in [5, 5.41) is 12.9. The number of aliphatic hydroxyl groups excluding tert-OH is 1. The van der Waals surface area contributed by atoms with Gasteiger partial charge in [0.05, 0.1) is 13.2 Å². The third-order valence-electron chi connectivity index (χ3n) is 5.73. The minimum Gasteiger partial charge on any atom is -0.496 e. The summed E-state index contributed by atoms with van der Waals surface area (Å²) in [5.74, 6) is 0.947. The van der Waals surface area contributed by atoms with Crippen LogP contribution in [0.25, 0.3) is 0 Å². The molecule has 1 fully saturated rings. The summed E-state index contributed by atoms with van der Waals surface area (Å²) in [5.41, 5.74) is 2.60. The van der Waals surface area contributed by atoms with Gasteiger partial charge in [0.25, 0.3) is 0 Å². The number of likely N-dealkylation sites (tertiary alicyclic amines) is 1. The zero-order chi connectivity index (χ0) is 19.6. The van der Waals surface area contributed by atoms with Gasteiger partial charge in [0.2, 0.25) is 0 Å². The largest absolute Gasteiger partial charge is 0.496 e. The molecular formula is C24H34N2O2. The van der Waals surface area contributed by atoms with Crippen molar-refractivity contribution >= 4 is 0 Å². The number of nitrogens with one attached hydrogen (secondary N) is 1. The van der Waals surface area contributed by atoms with Crippen LogP contribution in [0.15, 0.2) is 54.6 Å². The van der Waals surface area contributed by atoms with Crippen molar-refractivity contribution in [3.8, 4) is 5.75 Å². The Labute approximate surface area is 169 Å². The van der Waals surface area contributed by atoms with E-state index in [-0.39, 0.29) is 0 Å². The van der Waals surface area contributed by atoms with Crippen LogP contribution in [-0.2, 0) is 6.54 Å². The molecule has 2 aromatic rings. The molecule has 0 saturated carbocycles. The molecule has 1 aliphatic heterocycles. The fourth-order valence-electron chi connectivity index (χ4n) is 4.32. The van der Waals surface area contributed by atoms with Gasteiger partial charge in [0.1, 0.15) is 5.75 Å². The number of hydrogen-bond acceptors (Lipinski definition) is 4. The van der Waals surface area contributed by atoms with Crippen molar-refractivity contribution in [2.75, 3.05) is 26.8 Å². The Morgan fingerprint density at radius 2 is 1.82 bits per heavy atom. The van der Waals surface area contributed by atoms with Crippen LogP contribution in [0.3, 0.4) is 0 Å². The zero-order valence-electron chi connectivity index (χ0n) is 17.0. The molecule has 0 aliphatic carbocycles. The second kappa shape index (κ2) is 11.2. The fourth-order valence-corrected chi connectivity index (χ4v) is 4.32. The summed E-state index contributed by atoms with van der Waals surface area (Å²) in [7, 11) is 1.74. The van der Waals surface area contributed by atoms with Gasteiger partial charge in [-0.2, -0.15) is 0 Å². The van der Waals surface area contributed by atoms with Crippen molar-refractivity contribution in [3.63, 3.8) is 0 Å². The first-order valence-corrected chi connectivity index (χ1v) is 10.6. The summed E-state index contributed by atoms with van der Waals surface area (Å²) in [4.78, 5) is 2.64. The maximum Gasteiger partial charge on any atom is 0.123 e. The average Bonchev–Trinajstić information content (AvgIpc) is 2.76. The lowest BCUT2D eigenvalue weighted by Gasteiger charge is -2.42. The molecule has 2 aromatic carbocycles. The molecule has 0 radical (unpaired) electrons. The minimum absolute atomic E-state index is 0.297. The molecule has 1 saturated heterocycles. The van der Waals surface area contributed by atoms with Crippen molar-refractivity contribution < 1.29 is 9.84 Å². The molecule has 1 aliphatic rings. The number of ether oxygens (including phenoxy) is 1. The van der Waals surface area contributed by atoms with Crippen LogP contribution in [0, 0.1) is 0 Å². The molecule has 152 valence electrons. The number of rotatable bonds is 10. The van der Waals surface area contributed by atoms with E-state index in [0.29, 0.717) is 18.7 Å². The van der Waals surface area contributed by atoms with Gasteiger partial charge in [-0.15, -0.1) is 0 Å². The highest BCUT2D eigenvalue weighted by Gasteiger charge is 2.32. The topological polar surface area (TPSA) is 44.7 Å². The summed E-state index contributed by atoms with van der Waals surface area (Å²) in [6.45, 7) is 3.35. The van der Waals surface area contributed by atoms with Crippen LogP contribution in [0.1, 0.15) is 49.3 Å². The SMILES string of the molecule is COc1ccccc1CNC1CCCN(CCCCCO)C1c1ccccc1. The lowest BCUT2D eigenvalue weighted by molar-refractivity contribution is 0.108. The van der Waals surface area contributed by atoms with Crippen molar-refractivity contribution in [2.24, 2.45) is 0 Å². The number of hydrogen-bond donors (Lipinski definition) is 2. The zero-order valence-corrected chi connectivity index (χ0v) is 17.0. The van der Waals surface area contributed by atoms with E-state index in [9.17, 15) is 0 Å². The van der Waals surface area contributed by atoms with E-state index >= 15 is 0 Å². The highest BCUT2D eigenvalue weighted by molar-refractivity contribution is 5.33. The summed E-state index contributed by atoms with van der Waals surface area (Å²) in [6, 6.07) is 20.0. The Morgan fingerprint density at radius 1 is 1.04 bits per heavy atom. The molecule has 4 heteroatoms. The summed E-state index contributed by atoms with van der Waals surface area (Å²) >= 11 is 0. The third-order valence-corrected chi connectivity index (χ3v) is 5.73. The summed E-state index contributed by atoms with van der Waals surface area (Å²) in [6.07, 6.45) is 5.53. The van der Waals surface area contributed by atoms with E-state index < -0.39 is 0 Å². The van der Waals surface area contributed by atoms with Gasteiger partial charge in [-0.3, -0.25) is 4.90 Å². The summed E-state index contributed by atoms with van der Waals surface area (Å²) < 4.78 is 5.52. The van der Waals surface area contributed by atoms with Crippen LogP contribution in [0.4, 0.5) is 0 Å². The molecule has 0 aromatic heterocycles. The first-order valence-electron chi connectivity index (χ1n) is 10.6. The number of nitrogens with zero attached hydrogens (tertiary/aromatic N) is 1. The second-order valence-corrected chi connectivity index (χ2v) is 7.62. The van der Waals surface area contributed by atoms with E-state index in [2.05, 4.69) is 52.7 Å². The Hall–Kier alpha value is -1.88. The minimum atomic E-state index is 0.297. The number of benzene rings is 2. The van der Waals surface area contributed by atoms with Crippen LogP contribution >= 0.6 is 0 Å².